The molecular weight excluding hydrogens is 300 g/mol. The predicted molar refractivity (Wildman–Crippen MR) is 100 cm³/mol. The third-order valence-corrected chi connectivity index (χ3v) is 4.45. The van der Waals surface area contributed by atoms with E-state index in [9.17, 15) is 5.11 Å². The van der Waals surface area contributed by atoms with E-state index in [1.54, 1.807) is 0 Å². The second kappa shape index (κ2) is 10.3. The van der Waals surface area contributed by atoms with E-state index in [0.29, 0.717) is 12.6 Å². The van der Waals surface area contributed by atoms with Gasteiger partial charge in [-0.1, -0.05) is 37.3 Å². The van der Waals surface area contributed by atoms with E-state index in [4.69, 9.17) is 0 Å². The fourth-order valence-electron chi connectivity index (χ4n) is 3.03. The second-order valence-corrected chi connectivity index (χ2v) is 6.56. The van der Waals surface area contributed by atoms with Gasteiger partial charge in [0.1, 0.15) is 0 Å². The lowest BCUT2D eigenvalue weighted by Crippen LogP contribution is -2.43. The first kappa shape index (κ1) is 18.7. The molecule has 2 unspecified atom stereocenters. The lowest BCUT2D eigenvalue weighted by atomic mass is 10.1. The number of hydrogen-bond donors (Lipinski definition) is 3. The van der Waals surface area contributed by atoms with Crippen molar-refractivity contribution < 1.29 is 5.11 Å². The molecule has 3 N–H and O–H groups in total. The fourth-order valence-corrected chi connectivity index (χ4v) is 3.03. The molecule has 1 saturated heterocycles. The monoisotopic (exact) mass is 332 g/mol. The van der Waals surface area contributed by atoms with E-state index in [2.05, 4.69) is 57.8 Å². The van der Waals surface area contributed by atoms with E-state index in [0.717, 1.165) is 32.1 Å². The summed E-state index contributed by atoms with van der Waals surface area (Å²) in [5.41, 5.74) is 1.35. The first-order valence-corrected chi connectivity index (χ1v) is 9.16. The molecule has 5 heteroatoms. The van der Waals surface area contributed by atoms with E-state index < -0.39 is 0 Å². The van der Waals surface area contributed by atoms with Crippen LogP contribution in [0.25, 0.3) is 0 Å². The molecule has 0 amide bonds. The van der Waals surface area contributed by atoms with Gasteiger partial charge in [0.25, 0.3) is 0 Å². The molecule has 1 aromatic carbocycles. The minimum atomic E-state index is 0.170. The van der Waals surface area contributed by atoms with Crippen molar-refractivity contribution in [3.8, 4) is 0 Å². The summed E-state index contributed by atoms with van der Waals surface area (Å²) in [5.74, 6) is 1.02. The Morgan fingerprint density at radius 1 is 1.21 bits per heavy atom. The number of guanidine groups is 1. The van der Waals surface area contributed by atoms with Crippen molar-refractivity contribution in [1.29, 1.82) is 0 Å². The maximum Gasteiger partial charge on any atom is 0.191 e. The molecule has 5 nitrogen and oxygen atoms in total. The zero-order chi connectivity index (χ0) is 17.2. The molecule has 1 aliphatic heterocycles. The molecule has 1 heterocycles. The molecule has 2 rings (SSSR count). The highest BCUT2D eigenvalue weighted by molar-refractivity contribution is 5.79. The van der Waals surface area contributed by atoms with Crippen LogP contribution < -0.4 is 10.6 Å². The highest BCUT2D eigenvalue weighted by atomic mass is 16.3. The molecule has 2 atom stereocenters. The number of aliphatic imine (C=N–C) groups is 1. The molecule has 0 radical (unpaired) electrons. The summed E-state index contributed by atoms with van der Waals surface area (Å²) in [6.07, 6.45) is 2.57. The molecular formula is C19H32N4O. The summed E-state index contributed by atoms with van der Waals surface area (Å²) in [4.78, 5) is 7.15. The smallest absolute Gasteiger partial charge is 0.191 e. The zero-order valence-corrected chi connectivity index (χ0v) is 15.0. The first-order valence-electron chi connectivity index (χ1n) is 9.16. The van der Waals surface area contributed by atoms with Crippen LogP contribution in [-0.2, 0) is 0 Å². The van der Waals surface area contributed by atoms with Gasteiger partial charge in [-0.25, -0.2) is 0 Å². The average molecular weight is 332 g/mol. The number of nitrogens with one attached hydrogen (secondary N) is 2. The lowest BCUT2D eigenvalue weighted by Gasteiger charge is -2.29. The topological polar surface area (TPSA) is 59.9 Å². The Morgan fingerprint density at radius 3 is 2.54 bits per heavy atom. The highest BCUT2D eigenvalue weighted by Crippen LogP contribution is 2.24. The Balaban J connectivity index is 2.01. The Hall–Kier alpha value is -1.59. The normalized spacial score (nSPS) is 18.4. The van der Waals surface area contributed by atoms with Crippen LogP contribution >= 0.6 is 0 Å². The van der Waals surface area contributed by atoms with Crippen molar-refractivity contribution in [2.45, 2.75) is 32.7 Å². The molecule has 1 fully saturated rings. The van der Waals surface area contributed by atoms with E-state index in [1.807, 2.05) is 6.92 Å². The molecule has 1 aliphatic rings. The van der Waals surface area contributed by atoms with Crippen molar-refractivity contribution in [2.75, 3.05) is 39.3 Å². The van der Waals surface area contributed by atoms with Crippen molar-refractivity contribution in [3.63, 3.8) is 0 Å². The summed E-state index contributed by atoms with van der Waals surface area (Å²) < 4.78 is 0. The van der Waals surface area contributed by atoms with Gasteiger partial charge in [0.15, 0.2) is 5.96 Å². The first-order chi connectivity index (χ1) is 11.7. The number of nitrogens with zero attached hydrogens (tertiary/aromatic N) is 2. The number of aliphatic hydroxyl groups is 1. The quantitative estimate of drug-likeness (QED) is 0.503. The molecule has 0 spiro atoms. The van der Waals surface area contributed by atoms with Crippen molar-refractivity contribution in [1.82, 2.24) is 15.5 Å². The highest BCUT2D eigenvalue weighted by Gasteiger charge is 2.23. The second-order valence-electron chi connectivity index (χ2n) is 6.56. The molecule has 0 aromatic heterocycles. The third kappa shape index (κ3) is 5.80. The van der Waals surface area contributed by atoms with Crippen LogP contribution in [-0.4, -0.2) is 55.3 Å². The van der Waals surface area contributed by atoms with Crippen molar-refractivity contribution >= 4 is 5.96 Å². The van der Waals surface area contributed by atoms with Gasteiger partial charge in [-0.2, -0.15) is 0 Å². The summed E-state index contributed by atoms with van der Waals surface area (Å²) in [6, 6.07) is 11.1. The van der Waals surface area contributed by atoms with Crippen LogP contribution in [0.3, 0.4) is 0 Å². The summed E-state index contributed by atoms with van der Waals surface area (Å²) in [6.45, 7) is 8.87. The van der Waals surface area contributed by atoms with Crippen molar-refractivity contribution in [3.05, 3.63) is 35.9 Å². The van der Waals surface area contributed by atoms with Crippen LogP contribution in [0.15, 0.2) is 35.3 Å². The molecule has 24 heavy (non-hydrogen) atoms. The molecule has 1 aromatic rings. The maximum absolute atomic E-state index is 9.17. The van der Waals surface area contributed by atoms with Gasteiger partial charge < -0.3 is 15.7 Å². The number of rotatable bonds is 8. The van der Waals surface area contributed by atoms with Gasteiger partial charge in [0.2, 0.25) is 0 Å². The van der Waals surface area contributed by atoms with Gasteiger partial charge in [0.05, 0.1) is 6.04 Å². The zero-order valence-electron chi connectivity index (χ0n) is 15.0. The minimum Gasteiger partial charge on any atom is -0.396 e. The fraction of sp³-hybridized carbons (Fsp3) is 0.632. The Bertz CT molecular complexity index is 485. The van der Waals surface area contributed by atoms with Crippen LogP contribution in [0.4, 0.5) is 0 Å². The minimum absolute atomic E-state index is 0.170. The molecule has 0 aliphatic carbocycles. The van der Waals surface area contributed by atoms with E-state index >= 15 is 0 Å². The summed E-state index contributed by atoms with van der Waals surface area (Å²) in [7, 11) is 0. The number of aliphatic hydroxyl groups excluding tert-OH is 1. The largest absolute Gasteiger partial charge is 0.396 e. The number of benzene rings is 1. The van der Waals surface area contributed by atoms with E-state index in [1.165, 1.54) is 18.4 Å². The lowest BCUT2D eigenvalue weighted by molar-refractivity contribution is 0.240. The summed E-state index contributed by atoms with van der Waals surface area (Å²) in [5, 5.41) is 16.0. The van der Waals surface area contributed by atoms with Crippen molar-refractivity contribution in [2.24, 2.45) is 10.9 Å². The number of likely N-dealkylation sites (tertiary alicyclic amines) is 1. The van der Waals surface area contributed by atoms with Gasteiger partial charge in [-0.05, 0) is 44.3 Å². The molecule has 0 bridgehead atoms. The summed E-state index contributed by atoms with van der Waals surface area (Å²) >= 11 is 0. The predicted octanol–water partition coefficient (Wildman–Crippen LogP) is 2.01. The third-order valence-electron chi connectivity index (χ3n) is 4.45. The Morgan fingerprint density at radius 2 is 1.92 bits per heavy atom. The maximum atomic E-state index is 9.17. The van der Waals surface area contributed by atoms with Crippen LogP contribution in [0.2, 0.25) is 0 Å². The van der Waals surface area contributed by atoms with Gasteiger partial charge in [0, 0.05) is 26.2 Å². The Labute approximate surface area is 146 Å². The Kier molecular flexibility index (Phi) is 8.05. The number of hydrogen-bond acceptors (Lipinski definition) is 3. The molecule has 0 saturated carbocycles. The van der Waals surface area contributed by atoms with Gasteiger partial charge in [-0.3, -0.25) is 9.89 Å². The SMILES string of the molecule is CCNC(=NCC(C)CO)NCC(c1ccccc1)N1CCCC1. The van der Waals surface area contributed by atoms with Gasteiger partial charge >= 0.3 is 0 Å². The van der Waals surface area contributed by atoms with Crippen LogP contribution in [0, 0.1) is 5.92 Å². The van der Waals surface area contributed by atoms with Gasteiger partial charge in [-0.15, -0.1) is 0 Å². The standard InChI is InChI=1S/C19H32N4O/c1-3-20-19(21-13-16(2)15-24)22-14-18(23-11-7-8-12-23)17-9-5-4-6-10-17/h4-6,9-10,16,18,24H,3,7-8,11-15H2,1-2H3,(H2,20,21,22). The van der Waals surface area contributed by atoms with E-state index in [-0.39, 0.29) is 12.5 Å². The van der Waals surface area contributed by atoms with Crippen LogP contribution in [0.1, 0.15) is 38.3 Å². The molecule has 134 valence electrons. The average Bonchev–Trinajstić information content (AvgIpc) is 3.14. The van der Waals surface area contributed by atoms with Crippen LogP contribution in [0.5, 0.6) is 0 Å².